The Kier molecular flexibility index (Phi) is 4.10. The second-order valence-electron chi connectivity index (χ2n) is 6.84. The van der Waals surface area contributed by atoms with Gasteiger partial charge in [-0.1, -0.05) is 18.2 Å². The Morgan fingerprint density at radius 1 is 1.23 bits per heavy atom. The summed E-state index contributed by atoms with van der Waals surface area (Å²) in [7, 11) is -3.66. The molecular formula is C19H20N2O4S. The van der Waals surface area contributed by atoms with Gasteiger partial charge in [-0.25, -0.2) is 17.4 Å². The molecule has 3 aromatic rings. The lowest BCUT2D eigenvalue weighted by molar-refractivity contribution is -0.138. The summed E-state index contributed by atoms with van der Waals surface area (Å²) in [4.78, 5) is 4.64. The van der Waals surface area contributed by atoms with Crippen molar-refractivity contribution in [3.8, 4) is 0 Å². The largest absolute Gasteiger partial charge is 0.348 e. The van der Waals surface area contributed by atoms with Crippen molar-refractivity contribution in [2.24, 2.45) is 0 Å². The van der Waals surface area contributed by atoms with Crippen LogP contribution in [-0.2, 0) is 25.9 Å². The minimum Gasteiger partial charge on any atom is -0.348 e. The highest BCUT2D eigenvalue weighted by Crippen LogP contribution is 2.26. The van der Waals surface area contributed by atoms with Gasteiger partial charge < -0.3 is 9.47 Å². The number of ether oxygens (including phenoxy) is 2. The molecule has 1 fully saturated rings. The summed E-state index contributed by atoms with van der Waals surface area (Å²) in [6.45, 7) is 4.32. The van der Waals surface area contributed by atoms with E-state index in [1.54, 1.807) is 48.8 Å². The third-order valence-electron chi connectivity index (χ3n) is 4.38. The van der Waals surface area contributed by atoms with Gasteiger partial charge in [0.05, 0.1) is 17.6 Å². The van der Waals surface area contributed by atoms with Crippen molar-refractivity contribution in [1.82, 2.24) is 8.96 Å². The molecule has 1 unspecified atom stereocenters. The summed E-state index contributed by atoms with van der Waals surface area (Å²) in [5.74, 6) is -0.560. The molecule has 0 N–H and O–H groups in total. The maximum atomic E-state index is 12.8. The molecule has 2 aromatic heterocycles. The SMILES string of the molecule is CC1(C)OCC(Cc2cnc3c(ccn3S(=O)(=O)c3ccccc3)c2)O1. The van der Waals surface area contributed by atoms with Gasteiger partial charge >= 0.3 is 0 Å². The van der Waals surface area contributed by atoms with E-state index < -0.39 is 15.8 Å². The van der Waals surface area contributed by atoms with Crippen LogP contribution in [-0.4, -0.2) is 35.9 Å². The van der Waals surface area contributed by atoms with Gasteiger partial charge in [-0.15, -0.1) is 0 Å². The van der Waals surface area contributed by atoms with Crippen LogP contribution in [0.3, 0.4) is 0 Å². The Morgan fingerprint density at radius 3 is 2.69 bits per heavy atom. The van der Waals surface area contributed by atoms with E-state index in [1.807, 2.05) is 19.9 Å². The summed E-state index contributed by atoms with van der Waals surface area (Å²) in [6.07, 6.45) is 3.89. The lowest BCUT2D eigenvalue weighted by Gasteiger charge is -2.17. The molecule has 0 aliphatic carbocycles. The second-order valence-corrected chi connectivity index (χ2v) is 8.66. The van der Waals surface area contributed by atoms with E-state index in [0.29, 0.717) is 18.7 Å². The van der Waals surface area contributed by atoms with Crippen LogP contribution in [0.5, 0.6) is 0 Å². The molecule has 0 bridgehead atoms. The number of benzene rings is 1. The number of pyridine rings is 1. The number of nitrogens with zero attached hydrogens (tertiary/aromatic N) is 2. The fraction of sp³-hybridized carbons (Fsp3) is 0.316. The van der Waals surface area contributed by atoms with Gasteiger partial charge in [-0.05, 0) is 43.7 Å². The lowest BCUT2D eigenvalue weighted by Crippen LogP contribution is -2.22. The predicted molar refractivity (Wildman–Crippen MR) is 97.4 cm³/mol. The molecule has 0 spiro atoms. The quantitative estimate of drug-likeness (QED) is 0.704. The zero-order valence-electron chi connectivity index (χ0n) is 14.6. The van der Waals surface area contributed by atoms with Crippen molar-refractivity contribution >= 4 is 21.1 Å². The van der Waals surface area contributed by atoms with E-state index in [2.05, 4.69) is 4.98 Å². The highest BCUT2D eigenvalue weighted by atomic mass is 32.2. The molecule has 3 heterocycles. The Balaban J connectivity index is 1.64. The van der Waals surface area contributed by atoms with E-state index in [4.69, 9.17) is 9.47 Å². The highest BCUT2D eigenvalue weighted by molar-refractivity contribution is 7.90. The molecule has 0 radical (unpaired) electrons. The normalized spacial score (nSPS) is 19.8. The first-order chi connectivity index (χ1) is 12.4. The van der Waals surface area contributed by atoms with Crippen LogP contribution in [0, 0.1) is 0 Å². The van der Waals surface area contributed by atoms with E-state index in [-0.39, 0.29) is 11.0 Å². The average molecular weight is 372 g/mol. The van der Waals surface area contributed by atoms with Crippen LogP contribution in [0.1, 0.15) is 19.4 Å². The second kappa shape index (κ2) is 6.19. The molecule has 26 heavy (non-hydrogen) atoms. The maximum Gasteiger partial charge on any atom is 0.269 e. The number of hydrogen-bond donors (Lipinski definition) is 0. The smallest absolute Gasteiger partial charge is 0.269 e. The molecular weight excluding hydrogens is 352 g/mol. The molecule has 136 valence electrons. The molecule has 1 atom stereocenters. The van der Waals surface area contributed by atoms with Crippen molar-refractivity contribution < 1.29 is 17.9 Å². The third kappa shape index (κ3) is 3.13. The fourth-order valence-corrected chi connectivity index (χ4v) is 4.51. The number of rotatable bonds is 4. The average Bonchev–Trinajstić information content (AvgIpc) is 3.18. The molecule has 7 heteroatoms. The topological polar surface area (TPSA) is 70.4 Å². The summed E-state index contributed by atoms with van der Waals surface area (Å²) < 4.78 is 38.3. The molecule has 0 saturated carbocycles. The Bertz CT molecular complexity index is 1040. The van der Waals surface area contributed by atoms with Gasteiger partial charge in [0, 0.05) is 24.2 Å². The highest BCUT2D eigenvalue weighted by Gasteiger charge is 2.32. The molecule has 1 aliphatic rings. The van der Waals surface area contributed by atoms with E-state index >= 15 is 0 Å². The van der Waals surface area contributed by atoms with Crippen molar-refractivity contribution in [3.05, 3.63) is 60.4 Å². The van der Waals surface area contributed by atoms with Gasteiger partial charge in [0.25, 0.3) is 10.0 Å². The molecule has 1 saturated heterocycles. The van der Waals surface area contributed by atoms with Crippen molar-refractivity contribution in [2.75, 3.05) is 6.61 Å². The van der Waals surface area contributed by atoms with Gasteiger partial charge in [-0.3, -0.25) is 0 Å². The molecule has 6 nitrogen and oxygen atoms in total. The number of hydrogen-bond acceptors (Lipinski definition) is 5. The van der Waals surface area contributed by atoms with Crippen molar-refractivity contribution in [1.29, 1.82) is 0 Å². The van der Waals surface area contributed by atoms with E-state index in [1.165, 1.54) is 3.97 Å². The summed E-state index contributed by atoms with van der Waals surface area (Å²) >= 11 is 0. The molecule has 1 aromatic carbocycles. The van der Waals surface area contributed by atoms with Crippen LogP contribution < -0.4 is 0 Å². The maximum absolute atomic E-state index is 12.8. The number of fused-ring (bicyclic) bond motifs is 1. The Hall–Kier alpha value is -2.22. The first-order valence-electron chi connectivity index (χ1n) is 8.44. The Labute approximate surface area is 152 Å². The van der Waals surface area contributed by atoms with Crippen LogP contribution in [0.15, 0.2) is 59.8 Å². The van der Waals surface area contributed by atoms with E-state index in [9.17, 15) is 8.42 Å². The standard InChI is InChI=1S/C19H20N2O4S/c1-19(2)24-13-16(25-19)11-14-10-15-8-9-21(18(15)20-12-14)26(22,23)17-6-4-3-5-7-17/h3-10,12,16H,11,13H2,1-2H3. The van der Waals surface area contributed by atoms with Crippen LogP contribution >= 0.6 is 0 Å². The van der Waals surface area contributed by atoms with Crippen molar-refractivity contribution in [2.45, 2.75) is 37.1 Å². The van der Waals surface area contributed by atoms with Crippen LogP contribution in [0.25, 0.3) is 11.0 Å². The minimum absolute atomic E-state index is 0.0283. The van der Waals surface area contributed by atoms with Crippen LogP contribution in [0.2, 0.25) is 0 Å². The number of aromatic nitrogens is 2. The molecule has 0 amide bonds. The van der Waals surface area contributed by atoms with E-state index in [0.717, 1.165) is 10.9 Å². The lowest BCUT2D eigenvalue weighted by atomic mass is 10.1. The Morgan fingerprint density at radius 2 is 2.00 bits per heavy atom. The van der Waals surface area contributed by atoms with Crippen LogP contribution in [0.4, 0.5) is 0 Å². The zero-order valence-corrected chi connectivity index (χ0v) is 15.4. The first kappa shape index (κ1) is 17.2. The zero-order chi connectivity index (χ0) is 18.4. The minimum atomic E-state index is -3.66. The van der Waals surface area contributed by atoms with Gasteiger partial charge in [0.1, 0.15) is 0 Å². The molecule has 4 rings (SSSR count). The fourth-order valence-electron chi connectivity index (χ4n) is 3.18. The third-order valence-corrected chi connectivity index (χ3v) is 6.06. The summed E-state index contributed by atoms with van der Waals surface area (Å²) in [5, 5.41) is 0.778. The first-order valence-corrected chi connectivity index (χ1v) is 9.88. The van der Waals surface area contributed by atoms with Gasteiger partial charge in [0.15, 0.2) is 11.4 Å². The molecule has 1 aliphatic heterocycles. The van der Waals surface area contributed by atoms with Gasteiger partial charge in [-0.2, -0.15) is 0 Å². The summed E-state index contributed by atoms with van der Waals surface area (Å²) in [5.41, 5.74) is 1.40. The van der Waals surface area contributed by atoms with Crippen molar-refractivity contribution in [3.63, 3.8) is 0 Å². The van der Waals surface area contributed by atoms with Gasteiger partial charge in [0.2, 0.25) is 0 Å². The predicted octanol–water partition coefficient (Wildman–Crippen LogP) is 2.97. The monoisotopic (exact) mass is 372 g/mol. The summed E-state index contributed by atoms with van der Waals surface area (Å²) in [6, 6.07) is 12.1.